The van der Waals surface area contributed by atoms with Gasteiger partial charge in [0.15, 0.2) is 6.17 Å². The van der Waals surface area contributed by atoms with Gasteiger partial charge in [0.2, 0.25) is 11.8 Å². The average molecular weight is 449 g/mol. The standard InChI is InChI=1S/C26H32N4O3/c31-24-20-14-7-8-15-21(20)29-23(30-24)26(33)28-17-9-16-27-25(32)22(18-10-3-1-4-11-18)19-12-5-2-6-13-19/h1-6,10-13,20-23,29H,7-9,14-17H2,(H,27,32)(H,28,33)(H,30,31). The van der Waals surface area contributed by atoms with Crippen LogP contribution in [0.15, 0.2) is 60.7 Å². The van der Waals surface area contributed by atoms with E-state index in [0.717, 1.165) is 36.8 Å². The molecular formula is C26H32N4O3. The van der Waals surface area contributed by atoms with Crippen LogP contribution in [-0.4, -0.2) is 43.0 Å². The largest absolute Gasteiger partial charge is 0.355 e. The molecule has 1 aliphatic heterocycles. The van der Waals surface area contributed by atoms with Gasteiger partial charge in [-0.25, -0.2) is 0 Å². The van der Waals surface area contributed by atoms with Gasteiger partial charge in [0.25, 0.3) is 5.91 Å². The lowest BCUT2D eigenvalue weighted by Gasteiger charge is -2.39. The van der Waals surface area contributed by atoms with Crippen LogP contribution in [0.25, 0.3) is 0 Å². The van der Waals surface area contributed by atoms with Crippen LogP contribution < -0.4 is 21.3 Å². The summed E-state index contributed by atoms with van der Waals surface area (Å²) in [7, 11) is 0. The monoisotopic (exact) mass is 448 g/mol. The Morgan fingerprint density at radius 2 is 1.48 bits per heavy atom. The molecule has 3 atom stereocenters. The Morgan fingerprint density at radius 3 is 2.15 bits per heavy atom. The van der Waals surface area contributed by atoms with Crippen LogP contribution >= 0.6 is 0 Å². The molecule has 3 unspecified atom stereocenters. The Hall–Kier alpha value is -3.19. The Bertz CT molecular complexity index is 911. The predicted molar refractivity (Wildman–Crippen MR) is 126 cm³/mol. The van der Waals surface area contributed by atoms with Gasteiger partial charge in [0.1, 0.15) is 0 Å². The minimum absolute atomic E-state index is 0.0276. The van der Waals surface area contributed by atoms with Gasteiger partial charge in [-0.15, -0.1) is 0 Å². The van der Waals surface area contributed by atoms with E-state index in [1.807, 2.05) is 60.7 Å². The lowest BCUT2D eigenvalue weighted by atomic mass is 9.82. The fourth-order valence-corrected chi connectivity index (χ4v) is 4.79. The van der Waals surface area contributed by atoms with Gasteiger partial charge in [-0.2, -0.15) is 0 Å². The van der Waals surface area contributed by atoms with E-state index < -0.39 is 6.17 Å². The minimum Gasteiger partial charge on any atom is -0.355 e. The molecule has 33 heavy (non-hydrogen) atoms. The van der Waals surface area contributed by atoms with E-state index in [1.165, 1.54) is 0 Å². The van der Waals surface area contributed by atoms with Crippen molar-refractivity contribution in [2.75, 3.05) is 13.1 Å². The molecule has 2 aromatic carbocycles. The Kier molecular flexibility index (Phi) is 7.73. The van der Waals surface area contributed by atoms with Gasteiger partial charge < -0.3 is 16.0 Å². The molecule has 1 saturated heterocycles. The van der Waals surface area contributed by atoms with Crippen LogP contribution in [0.2, 0.25) is 0 Å². The molecule has 0 radical (unpaired) electrons. The maximum Gasteiger partial charge on any atom is 0.257 e. The number of fused-ring (bicyclic) bond motifs is 1. The van der Waals surface area contributed by atoms with Crippen LogP contribution in [0.1, 0.15) is 49.1 Å². The van der Waals surface area contributed by atoms with Crippen LogP contribution in [-0.2, 0) is 14.4 Å². The van der Waals surface area contributed by atoms with Crippen molar-refractivity contribution in [3.8, 4) is 0 Å². The van der Waals surface area contributed by atoms with Crippen molar-refractivity contribution in [1.29, 1.82) is 0 Å². The second-order valence-electron chi connectivity index (χ2n) is 8.80. The Morgan fingerprint density at radius 1 is 0.879 bits per heavy atom. The summed E-state index contributed by atoms with van der Waals surface area (Å²) in [6, 6.07) is 19.5. The first-order valence-corrected chi connectivity index (χ1v) is 11.9. The lowest BCUT2D eigenvalue weighted by molar-refractivity contribution is -0.137. The number of hydrogen-bond donors (Lipinski definition) is 4. The highest BCUT2D eigenvalue weighted by Crippen LogP contribution is 2.27. The molecular weight excluding hydrogens is 416 g/mol. The highest BCUT2D eigenvalue weighted by molar-refractivity contribution is 5.90. The van der Waals surface area contributed by atoms with Gasteiger partial charge in [0, 0.05) is 19.1 Å². The molecule has 7 heteroatoms. The van der Waals surface area contributed by atoms with Gasteiger partial charge in [0.05, 0.1) is 11.8 Å². The molecule has 1 heterocycles. The number of benzene rings is 2. The molecule has 2 aromatic rings. The summed E-state index contributed by atoms with van der Waals surface area (Å²) in [5.41, 5.74) is 1.88. The Balaban J connectivity index is 1.24. The molecule has 4 N–H and O–H groups in total. The van der Waals surface area contributed by atoms with Crippen LogP contribution in [0, 0.1) is 5.92 Å². The third-order valence-electron chi connectivity index (χ3n) is 6.51. The summed E-state index contributed by atoms with van der Waals surface area (Å²) >= 11 is 0. The zero-order valence-electron chi connectivity index (χ0n) is 18.8. The molecule has 0 spiro atoms. The van der Waals surface area contributed by atoms with Crippen molar-refractivity contribution in [2.45, 2.75) is 50.2 Å². The normalized spacial score (nSPS) is 22.2. The van der Waals surface area contributed by atoms with Crippen molar-refractivity contribution in [1.82, 2.24) is 21.3 Å². The fourth-order valence-electron chi connectivity index (χ4n) is 4.79. The molecule has 4 rings (SSSR count). The number of hydrogen-bond acceptors (Lipinski definition) is 4. The van der Waals surface area contributed by atoms with E-state index >= 15 is 0 Å². The van der Waals surface area contributed by atoms with Crippen molar-refractivity contribution in [2.24, 2.45) is 5.92 Å². The van der Waals surface area contributed by atoms with E-state index in [4.69, 9.17) is 0 Å². The van der Waals surface area contributed by atoms with Crippen molar-refractivity contribution >= 4 is 17.7 Å². The predicted octanol–water partition coefficient (Wildman–Crippen LogP) is 2.05. The summed E-state index contributed by atoms with van der Waals surface area (Å²) in [6.45, 7) is 0.868. The smallest absolute Gasteiger partial charge is 0.257 e. The summed E-state index contributed by atoms with van der Waals surface area (Å²) in [5.74, 6) is -0.737. The first kappa shape index (κ1) is 23.0. The molecule has 0 bridgehead atoms. The number of amides is 3. The van der Waals surface area contributed by atoms with Crippen LogP contribution in [0.3, 0.4) is 0 Å². The van der Waals surface area contributed by atoms with Crippen molar-refractivity contribution in [3.05, 3.63) is 71.8 Å². The second kappa shape index (κ2) is 11.1. The maximum atomic E-state index is 13.0. The molecule has 3 amide bonds. The van der Waals surface area contributed by atoms with Crippen molar-refractivity contribution < 1.29 is 14.4 Å². The molecule has 0 aromatic heterocycles. The van der Waals surface area contributed by atoms with E-state index in [0.29, 0.717) is 19.5 Å². The zero-order chi connectivity index (χ0) is 23.0. The number of nitrogens with one attached hydrogen (secondary N) is 4. The third-order valence-corrected chi connectivity index (χ3v) is 6.51. The maximum absolute atomic E-state index is 13.0. The summed E-state index contributed by atoms with van der Waals surface area (Å²) in [4.78, 5) is 37.8. The van der Waals surface area contributed by atoms with Crippen LogP contribution in [0.4, 0.5) is 0 Å². The minimum atomic E-state index is -0.688. The molecule has 2 fully saturated rings. The lowest BCUT2D eigenvalue weighted by Crippen LogP contribution is -2.66. The van der Waals surface area contributed by atoms with Gasteiger partial charge in [-0.3, -0.25) is 19.7 Å². The summed E-state index contributed by atoms with van der Waals surface area (Å²) in [5, 5.41) is 11.9. The first-order valence-electron chi connectivity index (χ1n) is 11.9. The molecule has 1 aliphatic carbocycles. The first-order chi connectivity index (χ1) is 16.1. The number of carbonyl (C=O) groups is 3. The molecule has 2 aliphatic rings. The molecule has 1 saturated carbocycles. The highest BCUT2D eigenvalue weighted by atomic mass is 16.2. The highest BCUT2D eigenvalue weighted by Gasteiger charge is 2.39. The topological polar surface area (TPSA) is 99.3 Å². The number of rotatable bonds is 8. The number of carbonyl (C=O) groups excluding carboxylic acids is 3. The van der Waals surface area contributed by atoms with Gasteiger partial charge in [-0.05, 0) is 30.4 Å². The van der Waals surface area contributed by atoms with Gasteiger partial charge >= 0.3 is 0 Å². The van der Waals surface area contributed by atoms with Crippen molar-refractivity contribution in [3.63, 3.8) is 0 Å². The molecule has 174 valence electrons. The third kappa shape index (κ3) is 5.79. The van der Waals surface area contributed by atoms with Crippen LogP contribution in [0.5, 0.6) is 0 Å². The fraction of sp³-hybridized carbons (Fsp3) is 0.423. The van der Waals surface area contributed by atoms with E-state index in [2.05, 4.69) is 21.3 Å². The molecule has 7 nitrogen and oxygen atoms in total. The Labute approximate surface area is 194 Å². The van der Waals surface area contributed by atoms with Gasteiger partial charge in [-0.1, -0.05) is 73.5 Å². The van der Waals surface area contributed by atoms with E-state index in [-0.39, 0.29) is 35.6 Å². The average Bonchev–Trinajstić information content (AvgIpc) is 2.85. The summed E-state index contributed by atoms with van der Waals surface area (Å²) < 4.78 is 0. The van der Waals surface area contributed by atoms with E-state index in [1.54, 1.807) is 0 Å². The van der Waals surface area contributed by atoms with E-state index in [9.17, 15) is 14.4 Å². The second-order valence-corrected chi connectivity index (χ2v) is 8.80. The SMILES string of the molecule is O=C(NCCCNC(=O)C(c1ccccc1)c1ccccc1)C1NC(=O)C2CCCCC2N1. The zero-order valence-corrected chi connectivity index (χ0v) is 18.8. The summed E-state index contributed by atoms with van der Waals surface area (Å²) in [6.07, 6.45) is 3.87. The quantitative estimate of drug-likeness (QED) is 0.465.